The minimum Gasteiger partial charge on any atom is -0.480 e. The molecule has 1 N–H and O–H groups in total. The Bertz CT molecular complexity index is 450. The number of alkyl halides is 3. The zero-order valence-corrected chi connectivity index (χ0v) is 8.10. The normalized spacial score (nSPS) is 12.6. The number of hydrogen-bond donors (Lipinski definition) is 1. The summed E-state index contributed by atoms with van der Waals surface area (Å²) in [6, 6.07) is 3.34. The average Bonchev–Trinajstić information content (AvgIpc) is 2.18. The van der Waals surface area contributed by atoms with Gasteiger partial charge in [0.1, 0.15) is 5.75 Å². The van der Waals surface area contributed by atoms with Crippen molar-refractivity contribution in [3.05, 3.63) is 24.0 Å². The topological polar surface area (TPSA) is 83.2 Å². The third-order valence-electron chi connectivity index (χ3n) is 1.66. The van der Waals surface area contributed by atoms with Crippen LogP contribution in [0.3, 0.4) is 0 Å². The molecule has 17 heavy (non-hydrogen) atoms. The van der Waals surface area contributed by atoms with Crippen molar-refractivity contribution in [3.8, 4) is 11.8 Å². The molecule has 0 aliphatic carbocycles. The second-order valence-corrected chi connectivity index (χ2v) is 2.87. The van der Waals surface area contributed by atoms with E-state index in [1.807, 2.05) is 0 Å². The summed E-state index contributed by atoms with van der Waals surface area (Å²) in [4.78, 5) is 14.0. The Morgan fingerprint density at radius 2 is 2.18 bits per heavy atom. The molecule has 1 aromatic rings. The fraction of sp³-hybridized carbons (Fsp3) is 0.222. The van der Waals surface area contributed by atoms with Gasteiger partial charge in [0.15, 0.2) is 5.92 Å². The predicted octanol–water partition coefficient (Wildman–Crippen LogP) is 1.67. The molecule has 1 heterocycles. The quantitative estimate of drug-likeness (QED) is 0.876. The van der Waals surface area contributed by atoms with Crippen LogP contribution in [0.1, 0.15) is 11.6 Å². The number of carbonyl (C=O) groups is 1. The molecule has 90 valence electrons. The highest BCUT2D eigenvalue weighted by molar-refractivity contribution is 5.78. The maximum atomic E-state index is 11.8. The molecule has 0 fully saturated rings. The first-order valence-corrected chi connectivity index (χ1v) is 4.17. The lowest BCUT2D eigenvalue weighted by atomic mass is 10.1. The number of nitrogens with zero attached hydrogens (tertiary/aromatic N) is 2. The van der Waals surface area contributed by atoms with E-state index in [1.54, 1.807) is 0 Å². The van der Waals surface area contributed by atoms with Crippen molar-refractivity contribution >= 4 is 5.97 Å². The van der Waals surface area contributed by atoms with Crippen LogP contribution in [0.25, 0.3) is 0 Å². The molecule has 0 bridgehead atoms. The molecule has 1 unspecified atom stereocenters. The van der Waals surface area contributed by atoms with E-state index in [-0.39, 0.29) is 5.69 Å². The smallest absolute Gasteiger partial charge is 0.480 e. The highest BCUT2D eigenvalue weighted by atomic mass is 19.4. The van der Waals surface area contributed by atoms with Gasteiger partial charge >= 0.3 is 12.3 Å². The molecule has 0 radical (unpaired) electrons. The van der Waals surface area contributed by atoms with Crippen LogP contribution in [0.2, 0.25) is 0 Å². The van der Waals surface area contributed by atoms with Crippen molar-refractivity contribution in [2.24, 2.45) is 0 Å². The van der Waals surface area contributed by atoms with E-state index < -0.39 is 24.0 Å². The molecular weight excluding hydrogens is 241 g/mol. The predicted molar refractivity (Wildman–Crippen MR) is 46.9 cm³/mol. The lowest BCUT2D eigenvalue weighted by Crippen LogP contribution is -2.17. The summed E-state index contributed by atoms with van der Waals surface area (Å²) in [5.74, 6) is -3.53. The molecule has 0 aliphatic rings. The van der Waals surface area contributed by atoms with Crippen molar-refractivity contribution < 1.29 is 27.8 Å². The lowest BCUT2D eigenvalue weighted by molar-refractivity contribution is -0.274. The van der Waals surface area contributed by atoms with Crippen molar-refractivity contribution in [2.45, 2.75) is 12.3 Å². The Balaban J connectivity index is 2.89. The van der Waals surface area contributed by atoms with E-state index in [1.165, 1.54) is 6.07 Å². The molecule has 0 saturated heterocycles. The van der Waals surface area contributed by atoms with E-state index in [9.17, 15) is 18.0 Å². The summed E-state index contributed by atoms with van der Waals surface area (Å²) in [6.07, 6.45) is -4.14. The second-order valence-electron chi connectivity index (χ2n) is 2.87. The van der Waals surface area contributed by atoms with Crippen molar-refractivity contribution in [1.29, 1.82) is 5.26 Å². The minimum atomic E-state index is -4.84. The number of carboxylic acids is 1. The molecule has 8 heteroatoms. The lowest BCUT2D eigenvalue weighted by Gasteiger charge is -2.09. The zero-order valence-electron chi connectivity index (χ0n) is 8.10. The van der Waals surface area contributed by atoms with Crippen molar-refractivity contribution in [3.63, 3.8) is 0 Å². The van der Waals surface area contributed by atoms with Gasteiger partial charge in [-0.1, -0.05) is 0 Å². The van der Waals surface area contributed by atoms with Crippen LogP contribution in [0, 0.1) is 11.3 Å². The standard InChI is InChI=1S/C9H5F3N2O3/c10-9(11,12)17-5-1-2-7(14-4-5)6(3-13)8(15)16/h1-2,4,6H,(H,15,16). The Hall–Kier alpha value is -2.30. The van der Waals surface area contributed by atoms with E-state index in [0.717, 1.165) is 12.1 Å². The molecule has 1 atom stereocenters. The molecular formula is C9H5F3N2O3. The van der Waals surface area contributed by atoms with Gasteiger partial charge in [0.25, 0.3) is 0 Å². The number of halogens is 3. The minimum absolute atomic E-state index is 0.158. The number of nitriles is 1. The van der Waals surface area contributed by atoms with Crippen LogP contribution >= 0.6 is 0 Å². The first-order chi connectivity index (χ1) is 7.83. The van der Waals surface area contributed by atoms with Crippen LogP contribution in [-0.4, -0.2) is 22.4 Å². The summed E-state index contributed by atoms with van der Waals surface area (Å²) in [5, 5.41) is 17.1. The molecule has 0 saturated carbocycles. The van der Waals surface area contributed by atoms with Crippen molar-refractivity contribution in [1.82, 2.24) is 4.98 Å². The van der Waals surface area contributed by atoms with Gasteiger partial charge in [-0.05, 0) is 12.1 Å². The summed E-state index contributed by atoms with van der Waals surface area (Å²) in [7, 11) is 0. The molecule has 0 aliphatic heterocycles. The second kappa shape index (κ2) is 4.69. The zero-order chi connectivity index (χ0) is 13.1. The molecule has 0 aromatic carbocycles. The molecule has 0 spiro atoms. The fourth-order valence-corrected chi connectivity index (χ4v) is 1.00. The Labute approximate surface area is 93.1 Å². The number of aromatic nitrogens is 1. The maximum absolute atomic E-state index is 11.8. The number of hydrogen-bond acceptors (Lipinski definition) is 4. The first-order valence-electron chi connectivity index (χ1n) is 4.17. The highest BCUT2D eigenvalue weighted by Gasteiger charge is 2.31. The van der Waals surface area contributed by atoms with Gasteiger partial charge in [0, 0.05) is 0 Å². The van der Waals surface area contributed by atoms with Gasteiger partial charge < -0.3 is 9.84 Å². The number of ether oxygens (including phenoxy) is 1. The van der Waals surface area contributed by atoms with Gasteiger partial charge in [0.05, 0.1) is 18.0 Å². The van der Waals surface area contributed by atoms with Gasteiger partial charge in [-0.25, -0.2) is 0 Å². The van der Waals surface area contributed by atoms with E-state index in [0.29, 0.717) is 6.20 Å². The number of aliphatic carboxylic acids is 1. The molecule has 0 amide bonds. The Morgan fingerprint density at radius 3 is 2.53 bits per heavy atom. The Morgan fingerprint density at radius 1 is 1.53 bits per heavy atom. The number of pyridine rings is 1. The monoisotopic (exact) mass is 246 g/mol. The van der Waals surface area contributed by atoms with Crippen LogP contribution < -0.4 is 4.74 Å². The molecule has 1 rings (SSSR count). The van der Waals surface area contributed by atoms with Gasteiger partial charge in [-0.3, -0.25) is 9.78 Å². The SMILES string of the molecule is N#CC(C(=O)O)c1ccc(OC(F)(F)F)cn1. The fourth-order valence-electron chi connectivity index (χ4n) is 1.00. The summed E-state index contributed by atoms with van der Waals surface area (Å²) in [5.41, 5.74) is -0.158. The summed E-state index contributed by atoms with van der Waals surface area (Å²) >= 11 is 0. The summed E-state index contributed by atoms with van der Waals surface area (Å²) < 4.78 is 38.9. The number of rotatable bonds is 3. The third kappa shape index (κ3) is 3.64. The van der Waals surface area contributed by atoms with Crippen LogP contribution in [0.15, 0.2) is 18.3 Å². The largest absolute Gasteiger partial charge is 0.573 e. The Kier molecular flexibility index (Phi) is 3.52. The first kappa shape index (κ1) is 12.8. The molecule has 5 nitrogen and oxygen atoms in total. The third-order valence-corrected chi connectivity index (χ3v) is 1.66. The van der Waals surface area contributed by atoms with E-state index in [4.69, 9.17) is 10.4 Å². The highest BCUT2D eigenvalue weighted by Crippen LogP contribution is 2.23. The van der Waals surface area contributed by atoms with Gasteiger partial charge in [0.2, 0.25) is 0 Å². The van der Waals surface area contributed by atoms with Crippen molar-refractivity contribution in [2.75, 3.05) is 0 Å². The van der Waals surface area contributed by atoms with E-state index >= 15 is 0 Å². The van der Waals surface area contributed by atoms with Crippen LogP contribution in [0.4, 0.5) is 13.2 Å². The van der Waals surface area contributed by atoms with Crippen LogP contribution in [-0.2, 0) is 4.79 Å². The van der Waals surface area contributed by atoms with Gasteiger partial charge in [-0.2, -0.15) is 5.26 Å². The average molecular weight is 246 g/mol. The number of carboxylic acid groups (broad SMARTS) is 1. The maximum Gasteiger partial charge on any atom is 0.573 e. The van der Waals surface area contributed by atoms with E-state index in [2.05, 4.69) is 9.72 Å². The summed E-state index contributed by atoms with van der Waals surface area (Å²) in [6.45, 7) is 0. The molecule has 1 aromatic heterocycles. The van der Waals surface area contributed by atoms with Gasteiger partial charge in [-0.15, -0.1) is 13.2 Å². The van der Waals surface area contributed by atoms with Crippen LogP contribution in [0.5, 0.6) is 5.75 Å².